The Morgan fingerprint density at radius 2 is 1.80 bits per heavy atom. The quantitative estimate of drug-likeness (QED) is 0.211. The lowest BCUT2D eigenvalue weighted by Gasteiger charge is -2.34. The Bertz CT molecular complexity index is 1120. The van der Waals surface area contributed by atoms with Crippen LogP contribution in [-0.4, -0.2) is 83.7 Å². The number of ketones is 1. The summed E-state index contributed by atoms with van der Waals surface area (Å²) in [5, 5.41) is 11.5. The molecule has 224 valence electrons. The molecule has 8 atom stereocenters. The smallest absolute Gasteiger partial charge is 0.303 e. The topological polar surface area (TPSA) is 144 Å². The van der Waals surface area contributed by atoms with E-state index in [-0.39, 0.29) is 19.6 Å². The van der Waals surface area contributed by atoms with Crippen molar-refractivity contribution >= 4 is 23.7 Å². The van der Waals surface area contributed by atoms with Crippen molar-refractivity contribution in [2.75, 3.05) is 6.61 Å². The van der Waals surface area contributed by atoms with E-state index in [0.29, 0.717) is 6.42 Å². The van der Waals surface area contributed by atoms with Crippen LogP contribution < -0.4 is 0 Å². The molecule has 1 aromatic rings. The number of carbonyl (C=O) groups excluding carboxylic acids is 4. The molecule has 0 aromatic heterocycles. The molecule has 1 unspecified atom stereocenters. The minimum atomic E-state index is -1.39. The summed E-state index contributed by atoms with van der Waals surface area (Å²) in [6.45, 7) is 8.71. The molecule has 0 amide bonds. The summed E-state index contributed by atoms with van der Waals surface area (Å²) in [6, 6.07) is 9.23. The molecular weight excluding hydrogens is 536 g/mol. The molecule has 0 radical (unpaired) electrons. The fourth-order valence-electron chi connectivity index (χ4n) is 4.96. The van der Waals surface area contributed by atoms with Crippen molar-refractivity contribution in [2.45, 2.75) is 95.5 Å². The zero-order valence-electron chi connectivity index (χ0n) is 23.7. The Kier molecular flexibility index (Phi) is 11.4. The molecule has 2 aliphatic rings. The van der Waals surface area contributed by atoms with Crippen LogP contribution >= 0.6 is 0 Å². The van der Waals surface area contributed by atoms with E-state index in [2.05, 4.69) is 6.58 Å². The molecule has 3 rings (SSSR count). The van der Waals surface area contributed by atoms with Crippen LogP contribution in [0.3, 0.4) is 0 Å². The predicted octanol–water partition coefficient (Wildman–Crippen LogP) is 2.38. The number of rotatable bonds is 13. The van der Waals surface area contributed by atoms with Gasteiger partial charge in [0.2, 0.25) is 0 Å². The number of esters is 3. The third-order valence-electron chi connectivity index (χ3n) is 6.66. The molecular formula is C30H38O11. The van der Waals surface area contributed by atoms with Gasteiger partial charge < -0.3 is 33.5 Å². The summed E-state index contributed by atoms with van der Waals surface area (Å²) in [4.78, 5) is 48.5. The van der Waals surface area contributed by atoms with E-state index >= 15 is 0 Å². The Morgan fingerprint density at radius 1 is 1.10 bits per heavy atom. The predicted molar refractivity (Wildman–Crippen MR) is 144 cm³/mol. The van der Waals surface area contributed by atoms with Gasteiger partial charge in [-0.1, -0.05) is 42.5 Å². The Morgan fingerprint density at radius 3 is 2.41 bits per heavy atom. The van der Waals surface area contributed by atoms with Gasteiger partial charge in [0.1, 0.15) is 30.5 Å². The van der Waals surface area contributed by atoms with Crippen molar-refractivity contribution in [1.29, 1.82) is 0 Å². The molecule has 1 aromatic carbocycles. The molecule has 1 N–H and O–H groups in total. The maximum absolute atomic E-state index is 12.9. The van der Waals surface area contributed by atoms with Crippen LogP contribution in [0, 0.1) is 0 Å². The van der Waals surface area contributed by atoms with Crippen LogP contribution in [0.15, 0.2) is 55.1 Å². The number of aliphatic hydroxyl groups excluding tert-OH is 1. The lowest BCUT2D eigenvalue weighted by molar-refractivity contribution is -0.187. The minimum absolute atomic E-state index is 0.0574. The highest BCUT2D eigenvalue weighted by Gasteiger charge is 2.54. The average Bonchev–Trinajstić information content (AvgIpc) is 3.20. The van der Waals surface area contributed by atoms with Crippen LogP contribution in [-0.2, 0) is 54.2 Å². The summed E-state index contributed by atoms with van der Waals surface area (Å²) < 4.78 is 34.5. The Hall–Kier alpha value is -3.38. The van der Waals surface area contributed by atoms with E-state index in [1.165, 1.54) is 26.8 Å². The summed E-state index contributed by atoms with van der Waals surface area (Å²) in [6.07, 6.45) is -2.75. The van der Waals surface area contributed by atoms with Crippen molar-refractivity contribution in [1.82, 2.24) is 0 Å². The number of hydrogen-bond acceptors (Lipinski definition) is 11. The van der Waals surface area contributed by atoms with Gasteiger partial charge in [-0.15, -0.1) is 6.58 Å². The molecule has 0 aliphatic carbocycles. The number of carbonyl (C=O) groups is 4. The third kappa shape index (κ3) is 9.06. The van der Waals surface area contributed by atoms with Gasteiger partial charge >= 0.3 is 17.9 Å². The van der Waals surface area contributed by atoms with Crippen LogP contribution in [0.2, 0.25) is 0 Å². The zero-order chi connectivity index (χ0) is 30.2. The number of aliphatic hydroxyl groups is 1. The highest BCUT2D eigenvalue weighted by molar-refractivity contribution is 5.95. The number of benzene rings is 1. The Labute approximate surface area is 239 Å². The van der Waals surface area contributed by atoms with Crippen LogP contribution in [0.4, 0.5) is 0 Å². The second-order valence-electron chi connectivity index (χ2n) is 10.4. The molecule has 11 heteroatoms. The summed E-state index contributed by atoms with van der Waals surface area (Å²) in [7, 11) is 0. The van der Waals surface area contributed by atoms with Gasteiger partial charge in [0.15, 0.2) is 18.0 Å². The first kappa shape index (κ1) is 32.1. The fraction of sp³-hybridized carbons (Fsp3) is 0.533. The largest absolute Gasteiger partial charge is 0.462 e. The molecule has 0 bridgehead atoms. The molecule has 11 nitrogen and oxygen atoms in total. The second-order valence-corrected chi connectivity index (χ2v) is 10.4. The molecule has 2 aliphatic heterocycles. The highest BCUT2D eigenvalue weighted by atomic mass is 16.6. The van der Waals surface area contributed by atoms with E-state index in [4.69, 9.17) is 28.4 Å². The molecule has 2 heterocycles. The Balaban J connectivity index is 1.94. The van der Waals surface area contributed by atoms with E-state index in [1.54, 1.807) is 19.1 Å². The van der Waals surface area contributed by atoms with Gasteiger partial charge in [-0.25, -0.2) is 0 Å². The monoisotopic (exact) mass is 574 g/mol. The van der Waals surface area contributed by atoms with Gasteiger partial charge in [-0.3, -0.25) is 19.2 Å². The molecule has 0 saturated carbocycles. The van der Waals surface area contributed by atoms with Crippen LogP contribution in [0.25, 0.3) is 0 Å². The van der Waals surface area contributed by atoms with E-state index in [1.807, 2.05) is 30.3 Å². The molecule has 0 spiro atoms. The van der Waals surface area contributed by atoms with E-state index in [9.17, 15) is 24.3 Å². The van der Waals surface area contributed by atoms with Gasteiger partial charge in [0.25, 0.3) is 0 Å². The molecule has 41 heavy (non-hydrogen) atoms. The van der Waals surface area contributed by atoms with E-state index < -0.39 is 72.0 Å². The average molecular weight is 575 g/mol. The minimum Gasteiger partial charge on any atom is -0.462 e. The van der Waals surface area contributed by atoms with Crippen LogP contribution in [0.5, 0.6) is 0 Å². The molecule has 1 fully saturated rings. The summed E-state index contributed by atoms with van der Waals surface area (Å²) in [5.41, 5.74) is -0.527. The van der Waals surface area contributed by atoms with Crippen molar-refractivity contribution < 1.29 is 52.7 Å². The fourth-order valence-corrected chi connectivity index (χ4v) is 4.96. The third-order valence-corrected chi connectivity index (χ3v) is 6.66. The number of ether oxygens (including phenoxy) is 6. The number of hydrogen-bond donors (Lipinski definition) is 1. The van der Waals surface area contributed by atoms with Crippen LogP contribution in [0.1, 0.15) is 46.1 Å². The zero-order valence-corrected chi connectivity index (χ0v) is 23.7. The maximum atomic E-state index is 12.9. The summed E-state index contributed by atoms with van der Waals surface area (Å²) >= 11 is 0. The van der Waals surface area contributed by atoms with Crippen molar-refractivity contribution in [2.24, 2.45) is 0 Å². The van der Waals surface area contributed by atoms with Crippen molar-refractivity contribution in [3.05, 3.63) is 60.7 Å². The first-order valence-corrected chi connectivity index (χ1v) is 13.4. The van der Waals surface area contributed by atoms with Gasteiger partial charge in [-0.05, 0) is 25.0 Å². The SMILES string of the molecule is C=CC[C@@H]1C=CC(=O)[C@@H]([C@@H](OC(C)=O)[C@@H]2O[C@H](CC(C)(COC(C)=O)OC(C)=O)[C@H](OCc3ccccc3)[C@@H]2O)O1. The van der Waals surface area contributed by atoms with Crippen molar-refractivity contribution in [3.8, 4) is 0 Å². The lowest BCUT2D eigenvalue weighted by atomic mass is 9.92. The lowest BCUT2D eigenvalue weighted by Crippen LogP contribution is -2.52. The standard InChI is InChI=1S/C30H38O11/c1-6-10-22-13-14-23(34)26(39-22)29(38-19(3)32)28-25(35)27(36-16-21-11-8-7-9-12-21)24(40-28)15-30(5,41-20(4)33)17-37-18(2)31/h6-9,11-14,22,24-29,35H,1,10,15-17H2,2-5H3/t22-,24-,25+,26+,27+,28-,29-,30?/m1/s1. The second kappa shape index (κ2) is 14.5. The van der Waals surface area contributed by atoms with Gasteiger partial charge in [0.05, 0.1) is 18.8 Å². The first-order valence-electron chi connectivity index (χ1n) is 13.4. The highest BCUT2D eigenvalue weighted by Crippen LogP contribution is 2.36. The first-order chi connectivity index (χ1) is 19.4. The maximum Gasteiger partial charge on any atom is 0.303 e. The van der Waals surface area contributed by atoms with Crippen molar-refractivity contribution in [3.63, 3.8) is 0 Å². The van der Waals surface area contributed by atoms with E-state index in [0.717, 1.165) is 5.56 Å². The van der Waals surface area contributed by atoms with Gasteiger partial charge in [-0.2, -0.15) is 0 Å². The summed E-state index contributed by atoms with van der Waals surface area (Å²) in [5.74, 6) is -2.36. The normalized spacial score (nSPS) is 27.9. The molecule has 1 saturated heterocycles. The van der Waals surface area contributed by atoms with Gasteiger partial charge in [0, 0.05) is 27.2 Å².